The van der Waals surface area contributed by atoms with E-state index in [-0.39, 0.29) is 40.9 Å². The number of nitrogens with zero attached hydrogens (tertiary/aromatic N) is 3. The zero-order chi connectivity index (χ0) is 31.9. The van der Waals surface area contributed by atoms with Crippen molar-refractivity contribution in [3.8, 4) is 5.75 Å². The van der Waals surface area contributed by atoms with Gasteiger partial charge in [-0.3, -0.25) is 24.0 Å². The van der Waals surface area contributed by atoms with Crippen molar-refractivity contribution in [2.75, 3.05) is 24.5 Å². The van der Waals surface area contributed by atoms with Crippen LogP contribution in [0.3, 0.4) is 0 Å². The van der Waals surface area contributed by atoms with Crippen LogP contribution in [0, 0.1) is 24.0 Å². The number of ether oxygens (including phenoxy) is 1. The first-order valence-electron chi connectivity index (χ1n) is 13.6. The van der Waals surface area contributed by atoms with Crippen molar-refractivity contribution in [3.63, 3.8) is 0 Å². The lowest BCUT2D eigenvalue weighted by atomic mass is 10.1. The average Bonchev–Trinajstić information content (AvgIpc) is 2.95. The lowest BCUT2D eigenvalue weighted by Gasteiger charge is -2.33. The lowest BCUT2D eigenvalue weighted by molar-refractivity contribution is -0.385. The maximum Gasteiger partial charge on any atom is 0.273 e. The number of hydrogen-bond acceptors (Lipinski definition) is 7. The molecular weight excluding hydrogens is 596 g/mol. The van der Waals surface area contributed by atoms with E-state index in [1.54, 1.807) is 13.8 Å². The van der Waals surface area contributed by atoms with Crippen LogP contribution in [-0.4, -0.2) is 56.3 Å². The number of aryl methyl sites for hydroxylation is 2. The average molecular weight is 631 g/mol. The Hall–Kier alpha value is -4.16. The molecule has 0 saturated heterocycles. The van der Waals surface area contributed by atoms with E-state index in [1.165, 1.54) is 49.3 Å². The van der Waals surface area contributed by atoms with Crippen molar-refractivity contribution in [2.24, 2.45) is 0 Å². The third-order valence-electron chi connectivity index (χ3n) is 6.83. The molecule has 0 radical (unpaired) electrons. The normalized spacial score (nSPS) is 11.9. The maximum atomic E-state index is 14.2. The molecule has 0 aromatic heterocycles. The number of carbonyl (C=O) groups excluding carboxylic acids is 2. The number of rotatable bonds is 13. The van der Waals surface area contributed by atoms with Crippen LogP contribution in [0.25, 0.3) is 0 Å². The van der Waals surface area contributed by atoms with Gasteiger partial charge in [0, 0.05) is 29.7 Å². The standard InChI is InChI=1S/C30H35ClN4O7S/c1-6-25(30(37)32-7-2)33(18-22-10-8-9-20(3)15-22)29(36)19-34(27-16-23(31)12-14-28(27)42-5)43(40,41)24-13-11-21(4)26(17-24)35(38)39/h8-17,25H,6-7,18-19H2,1-5H3,(H,32,37)/t25-/m1/s1. The third-order valence-corrected chi connectivity index (χ3v) is 8.82. The van der Waals surface area contributed by atoms with Crippen LogP contribution in [0.15, 0.2) is 65.6 Å². The van der Waals surface area contributed by atoms with Crippen LogP contribution in [0.4, 0.5) is 11.4 Å². The number of likely N-dealkylation sites (N-methyl/N-ethyl adjacent to an activating group) is 1. The summed E-state index contributed by atoms with van der Waals surface area (Å²) < 4.78 is 34.6. The number of nitro groups is 1. The Morgan fingerprint density at radius 2 is 1.79 bits per heavy atom. The summed E-state index contributed by atoms with van der Waals surface area (Å²) in [5.41, 5.74) is 1.52. The molecule has 0 spiro atoms. The number of sulfonamides is 1. The Bertz CT molecular complexity index is 1610. The Morgan fingerprint density at radius 1 is 1.07 bits per heavy atom. The molecule has 13 heteroatoms. The first kappa shape index (κ1) is 33.3. The van der Waals surface area contributed by atoms with Gasteiger partial charge >= 0.3 is 0 Å². The van der Waals surface area contributed by atoms with E-state index in [0.717, 1.165) is 21.5 Å². The Balaban J connectivity index is 2.19. The van der Waals surface area contributed by atoms with E-state index < -0.39 is 44.0 Å². The quantitative estimate of drug-likeness (QED) is 0.207. The van der Waals surface area contributed by atoms with Gasteiger partial charge in [-0.25, -0.2) is 8.42 Å². The molecule has 43 heavy (non-hydrogen) atoms. The Kier molecular flexibility index (Phi) is 11.1. The van der Waals surface area contributed by atoms with Crippen molar-refractivity contribution in [3.05, 3.63) is 92.5 Å². The monoisotopic (exact) mass is 630 g/mol. The number of halogens is 1. The summed E-state index contributed by atoms with van der Waals surface area (Å²) in [7, 11) is -3.27. The van der Waals surface area contributed by atoms with E-state index in [0.29, 0.717) is 6.54 Å². The molecule has 0 bridgehead atoms. The number of nitrogens with one attached hydrogen (secondary N) is 1. The zero-order valence-electron chi connectivity index (χ0n) is 24.7. The highest BCUT2D eigenvalue weighted by Crippen LogP contribution is 2.36. The van der Waals surface area contributed by atoms with Gasteiger partial charge in [0.15, 0.2) is 0 Å². The van der Waals surface area contributed by atoms with Crippen molar-refractivity contribution < 1.29 is 27.7 Å². The minimum atomic E-state index is -4.61. The molecule has 11 nitrogen and oxygen atoms in total. The van der Waals surface area contributed by atoms with E-state index in [2.05, 4.69) is 5.32 Å². The van der Waals surface area contributed by atoms with Gasteiger partial charge in [-0.05, 0) is 57.0 Å². The molecule has 0 aliphatic heterocycles. The smallest absolute Gasteiger partial charge is 0.273 e. The molecule has 3 aromatic rings. The molecule has 3 aromatic carbocycles. The predicted octanol–water partition coefficient (Wildman–Crippen LogP) is 5.01. The molecule has 0 aliphatic carbocycles. The van der Waals surface area contributed by atoms with E-state index in [4.69, 9.17) is 16.3 Å². The molecule has 0 fully saturated rings. The van der Waals surface area contributed by atoms with Gasteiger partial charge in [0.05, 0.1) is 22.6 Å². The number of hydrogen-bond donors (Lipinski definition) is 1. The Labute approximate surface area is 256 Å². The van der Waals surface area contributed by atoms with Gasteiger partial charge in [0.25, 0.3) is 15.7 Å². The first-order chi connectivity index (χ1) is 20.3. The van der Waals surface area contributed by atoms with Crippen molar-refractivity contribution >= 4 is 44.8 Å². The largest absolute Gasteiger partial charge is 0.495 e. The van der Waals surface area contributed by atoms with Gasteiger partial charge in [-0.15, -0.1) is 0 Å². The first-order valence-corrected chi connectivity index (χ1v) is 15.4. The molecule has 0 saturated carbocycles. The van der Waals surface area contributed by atoms with Gasteiger partial charge in [-0.1, -0.05) is 54.4 Å². The SMILES string of the molecule is CCNC(=O)[C@@H](CC)N(Cc1cccc(C)c1)C(=O)CN(c1cc(Cl)ccc1OC)S(=O)(=O)c1ccc(C)c([N+](=O)[O-])c1. The van der Waals surface area contributed by atoms with Crippen molar-refractivity contribution in [1.82, 2.24) is 10.2 Å². The van der Waals surface area contributed by atoms with E-state index in [1.807, 2.05) is 31.2 Å². The summed E-state index contributed by atoms with van der Waals surface area (Å²) in [6.07, 6.45) is 0.265. The Morgan fingerprint density at radius 3 is 2.40 bits per heavy atom. The number of nitro benzene ring substituents is 1. The summed E-state index contributed by atoms with van der Waals surface area (Å²) in [5.74, 6) is -0.954. The fourth-order valence-electron chi connectivity index (χ4n) is 4.66. The number of benzene rings is 3. The van der Waals surface area contributed by atoms with Crippen LogP contribution in [0.2, 0.25) is 5.02 Å². The maximum absolute atomic E-state index is 14.2. The highest BCUT2D eigenvalue weighted by Gasteiger charge is 2.35. The second-order valence-corrected chi connectivity index (χ2v) is 12.2. The summed E-state index contributed by atoms with van der Waals surface area (Å²) in [5, 5.41) is 14.6. The fraction of sp³-hybridized carbons (Fsp3) is 0.333. The molecule has 1 atom stereocenters. The second-order valence-electron chi connectivity index (χ2n) is 9.86. The third kappa shape index (κ3) is 7.82. The predicted molar refractivity (Wildman–Crippen MR) is 165 cm³/mol. The zero-order valence-corrected chi connectivity index (χ0v) is 26.2. The van der Waals surface area contributed by atoms with Crippen molar-refractivity contribution in [2.45, 2.75) is 51.6 Å². The number of anilines is 1. The lowest BCUT2D eigenvalue weighted by Crippen LogP contribution is -2.52. The summed E-state index contributed by atoms with van der Waals surface area (Å²) in [4.78, 5) is 39.2. The topological polar surface area (TPSA) is 139 Å². The number of carbonyl (C=O) groups is 2. The highest BCUT2D eigenvalue weighted by atomic mass is 35.5. The molecule has 0 heterocycles. The van der Waals surface area contributed by atoms with Gasteiger partial charge in [0.2, 0.25) is 11.8 Å². The van der Waals surface area contributed by atoms with Crippen LogP contribution in [-0.2, 0) is 26.2 Å². The highest BCUT2D eigenvalue weighted by molar-refractivity contribution is 7.92. The number of amides is 2. The number of methoxy groups -OCH3 is 1. The van der Waals surface area contributed by atoms with E-state index >= 15 is 0 Å². The van der Waals surface area contributed by atoms with Crippen LogP contribution >= 0.6 is 11.6 Å². The molecule has 230 valence electrons. The molecule has 0 aliphatic rings. The molecule has 3 rings (SSSR count). The van der Waals surface area contributed by atoms with Gasteiger partial charge < -0.3 is 15.0 Å². The second kappa shape index (κ2) is 14.3. The molecule has 1 N–H and O–H groups in total. The van der Waals surface area contributed by atoms with Crippen LogP contribution < -0.4 is 14.4 Å². The van der Waals surface area contributed by atoms with Crippen molar-refractivity contribution in [1.29, 1.82) is 0 Å². The van der Waals surface area contributed by atoms with Gasteiger partial charge in [0.1, 0.15) is 18.3 Å². The van der Waals surface area contributed by atoms with Crippen LogP contribution in [0.1, 0.15) is 37.0 Å². The van der Waals surface area contributed by atoms with Crippen LogP contribution in [0.5, 0.6) is 5.75 Å². The molecular formula is C30H35ClN4O7S. The molecule has 0 unspecified atom stereocenters. The summed E-state index contributed by atoms with van der Waals surface area (Å²) >= 11 is 6.26. The summed E-state index contributed by atoms with van der Waals surface area (Å²) in [6.45, 7) is 6.54. The minimum Gasteiger partial charge on any atom is -0.495 e. The summed E-state index contributed by atoms with van der Waals surface area (Å²) in [6, 6.07) is 14.3. The fourth-order valence-corrected chi connectivity index (χ4v) is 6.27. The minimum absolute atomic E-state index is 0.0345. The molecule has 2 amide bonds. The van der Waals surface area contributed by atoms with Gasteiger partial charge in [-0.2, -0.15) is 0 Å². The van der Waals surface area contributed by atoms with E-state index in [9.17, 15) is 28.1 Å².